The molecule has 0 aliphatic carbocycles. The lowest BCUT2D eigenvalue weighted by Crippen LogP contribution is -2.29. The molecule has 178 valence electrons. The van der Waals surface area contributed by atoms with Crippen molar-refractivity contribution in [3.05, 3.63) is 66.9 Å². The van der Waals surface area contributed by atoms with Gasteiger partial charge in [0.1, 0.15) is 18.2 Å². The third-order valence-electron chi connectivity index (χ3n) is 5.77. The van der Waals surface area contributed by atoms with Crippen LogP contribution in [0.15, 0.2) is 66.3 Å². The molecule has 1 saturated heterocycles. The van der Waals surface area contributed by atoms with Crippen molar-refractivity contribution >= 4 is 39.9 Å². The first-order valence-corrected chi connectivity index (χ1v) is 11.3. The number of rotatable bonds is 7. The summed E-state index contributed by atoms with van der Waals surface area (Å²) in [4.78, 5) is 26.4. The smallest absolute Gasteiger partial charge is 0.246 e. The molecule has 2 aromatic heterocycles. The SMILES string of the molecule is C=CC(=O)N1CCC(Oc2cc3c(Nc4ccc(Cl)c(-c5cnco5)c4)ncnc3cc2OC)C1. The number of carbonyl (C=O) groups excluding carboxylic acids is 1. The number of carbonyl (C=O) groups is 1. The minimum absolute atomic E-state index is 0.103. The molecule has 1 fully saturated rings. The van der Waals surface area contributed by atoms with Crippen LogP contribution in [0, 0.1) is 0 Å². The van der Waals surface area contributed by atoms with Gasteiger partial charge in [-0.25, -0.2) is 15.0 Å². The van der Waals surface area contributed by atoms with E-state index in [4.69, 9.17) is 25.5 Å². The molecule has 4 aromatic rings. The lowest BCUT2D eigenvalue weighted by Gasteiger charge is -2.18. The van der Waals surface area contributed by atoms with Crippen LogP contribution in [0.4, 0.5) is 11.5 Å². The van der Waals surface area contributed by atoms with Crippen LogP contribution in [0.2, 0.25) is 5.02 Å². The number of fused-ring (bicyclic) bond motifs is 1. The molecule has 0 spiro atoms. The first-order valence-electron chi connectivity index (χ1n) is 10.9. The third kappa shape index (κ3) is 4.63. The van der Waals surface area contributed by atoms with Crippen molar-refractivity contribution in [2.24, 2.45) is 0 Å². The van der Waals surface area contributed by atoms with E-state index in [0.29, 0.717) is 58.7 Å². The molecule has 3 heterocycles. The summed E-state index contributed by atoms with van der Waals surface area (Å²) in [6.45, 7) is 4.66. The van der Waals surface area contributed by atoms with Crippen molar-refractivity contribution in [3.8, 4) is 22.8 Å². The second-order valence-corrected chi connectivity index (χ2v) is 8.35. The first-order chi connectivity index (χ1) is 17.1. The second-order valence-electron chi connectivity index (χ2n) is 7.94. The number of benzene rings is 2. The number of hydrogen-bond acceptors (Lipinski definition) is 8. The van der Waals surface area contributed by atoms with E-state index in [2.05, 4.69) is 26.8 Å². The summed E-state index contributed by atoms with van der Waals surface area (Å²) in [5.41, 5.74) is 2.15. The van der Waals surface area contributed by atoms with Gasteiger partial charge in [-0.2, -0.15) is 0 Å². The van der Waals surface area contributed by atoms with Crippen molar-refractivity contribution in [2.75, 3.05) is 25.5 Å². The van der Waals surface area contributed by atoms with Gasteiger partial charge in [-0.1, -0.05) is 18.2 Å². The number of ether oxygens (including phenoxy) is 2. The Labute approximate surface area is 206 Å². The molecule has 0 saturated carbocycles. The Morgan fingerprint density at radius 1 is 1.29 bits per heavy atom. The summed E-state index contributed by atoms with van der Waals surface area (Å²) < 4.78 is 17.2. The standard InChI is InChI=1S/C25H22ClN5O4/c1-3-24(32)31-7-6-16(12-31)35-22-9-18-20(10-21(22)33-2)28-13-29-25(18)30-15-4-5-19(26)17(8-15)23-11-27-14-34-23/h3-5,8-11,13-14,16H,1,6-7,12H2,2H3,(H,28,29,30). The van der Waals surface area contributed by atoms with Crippen LogP contribution in [0.25, 0.3) is 22.2 Å². The number of hydrogen-bond donors (Lipinski definition) is 1. The fourth-order valence-electron chi connectivity index (χ4n) is 4.03. The Balaban J connectivity index is 1.46. The highest BCUT2D eigenvalue weighted by Crippen LogP contribution is 2.37. The monoisotopic (exact) mass is 491 g/mol. The number of amides is 1. The van der Waals surface area contributed by atoms with Crippen molar-refractivity contribution in [1.82, 2.24) is 19.9 Å². The fraction of sp³-hybridized carbons (Fsp3) is 0.200. The predicted octanol–water partition coefficient (Wildman–Crippen LogP) is 4.86. The third-order valence-corrected chi connectivity index (χ3v) is 6.10. The highest BCUT2D eigenvalue weighted by Gasteiger charge is 2.27. The van der Waals surface area contributed by atoms with Crippen LogP contribution in [0.1, 0.15) is 6.42 Å². The van der Waals surface area contributed by atoms with Crippen LogP contribution in [0.5, 0.6) is 11.5 Å². The predicted molar refractivity (Wildman–Crippen MR) is 132 cm³/mol. The molecule has 0 radical (unpaired) electrons. The van der Waals surface area contributed by atoms with Crippen LogP contribution >= 0.6 is 11.6 Å². The highest BCUT2D eigenvalue weighted by molar-refractivity contribution is 6.33. The summed E-state index contributed by atoms with van der Waals surface area (Å²) in [7, 11) is 1.58. The van der Waals surface area contributed by atoms with E-state index in [1.54, 1.807) is 30.3 Å². The van der Waals surface area contributed by atoms with E-state index in [9.17, 15) is 4.79 Å². The Hall–Kier alpha value is -4.11. The number of methoxy groups -OCH3 is 1. The highest BCUT2D eigenvalue weighted by atomic mass is 35.5. The van der Waals surface area contributed by atoms with Gasteiger partial charge in [0.05, 0.1) is 30.4 Å². The summed E-state index contributed by atoms with van der Waals surface area (Å²) in [6.07, 6.45) is 6.31. The van der Waals surface area contributed by atoms with E-state index in [0.717, 1.165) is 11.1 Å². The Kier molecular flexibility index (Phi) is 6.24. The van der Waals surface area contributed by atoms with E-state index in [1.165, 1.54) is 18.8 Å². The molecule has 5 rings (SSSR count). The van der Waals surface area contributed by atoms with Gasteiger partial charge in [-0.15, -0.1) is 0 Å². The van der Waals surface area contributed by atoms with Gasteiger partial charge in [0.15, 0.2) is 23.7 Å². The van der Waals surface area contributed by atoms with Crippen LogP contribution in [-0.2, 0) is 4.79 Å². The number of anilines is 2. The fourth-order valence-corrected chi connectivity index (χ4v) is 4.24. The zero-order valence-electron chi connectivity index (χ0n) is 18.9. The molecule has 1 amide bonds. The second kappa shape index (κ2) is 9.63. The van der Waals surface area contributed by atoms with Gasteiger partial charge in [-0.3, -0.25) is 4.79 Å². The van der Waals surface area contributed by atoms with Crippen LogP contribution in [-0.4, -0.2) is 52.1 Å². The lowest BCUT2D eigenvalue weighted by atomic mass is 10.1. The largest absolute Gasteiger partial charge is 0.493 e. The quantitative estimate of drug-likeness (QED) is 0.366. The molecule has 10 heteroatoms. The van der Waals surface area contributed by atoms with E-state index in [1.807, 2.05) is 18.2 Å². The molecule has 9 nitrogen and oxygen atoms in total. The molecular weight excluding hydrogens is 470 g/mol. The maximum absolute atomic E-state index is 11.9. The van der Waals surface area contributed by atoms with Gasteiger partial charge in [0.25, 0.3) is 0 Å². The number of nitrogens with one attached hydrogen (secondary N) is 1. The number of likely N-dealkylation sites (tertiary alicyclic amines) is 1. The van der Waals surface area contributed by atoms with Crippen molar-refractivity contribution in [2.45, 2.75) is 12.5 Å². The van der Waals surface area contributed by atoms with Gasteiger partial charge in [0.2, 0.25) is 5.91 Å². The molecule has 1 aliphatic rings. The first kappa shape index (κ1) is 22.7. The average molecular weight is 492 g/mol. The topological polar surface area (TPSA) is 103 Å². The van der Waals surface area contributed by atoms with Crippen LogP contribution in [0.3, 0.4) is 0 Å². The minimum atomic E-state index is -0.160. The molecule has 1 atom stereocenters. The van der Waals surface area contributed by atoms with Crippen molar-refractivity contribution in [1.29, 1.82) is 0 Å². The maximum atomic E-state index is 11.9. The Morgan fingerprint density at radius 3 is 2.94 bits per heavy atom. The lowest BCUT2D eigenvalue weighted by molar-refractivity contribution is -0.125. The zero-order valence-corrected chi connectivity index (χ0v) is 19.7. The van der Waals surface area contributed by atoms with E-state index < -0.39 is 0 Å². The van der Waals surface area contributed by atoms with E-state index in [-0.39, 0.29) is 12.0 Å². The molecule has 1 unspecified atom stereocenters. The Bertz CT molecular complexity index is 1390. The molecule has 35 heavy (non-hydrogen) atoms. The zero-order chi connectivity index (χ0) is 24.4. The van der Waals surface area contributed by atoms with Crippen molar-refractivity contribution < 1.29 is 18.7 Å². The number of aromatic nitrogens is 3. The van der Waals surface area contributed by atoms with Gasteiger partial charge in [0, 0.05) is 35.7 Å². The molecular formula is C25H22ClN5O4. The number of oxazole rings is 1. The summed E-state index contributed by atoms with van der Waals surface area (Å²) >= 11 is 6.36. The normalized spacial score (nSPS) is 15.3. The van der Waals surface area contributed by atoms with Gasteiger partial charge >= 0.3 is 0 Å². The van der Waals surface area contributed by atoms with Crippen LogP contribution < -0.4 is 14.8 Å². The number of nitrogens with zero attached hydrogens (tertiary/aromatic N) is 4. The molecule has 2 aromatic carbocycles. The van der Waals surface area contributed by atoms with E-state index >= 15 is 0 Å². The average Bonchev–Trinajstić information content (AvgIpc) is 3.57. The van der Waals surface area contributed by atoms with Gasteiger partial charge < -0.3 is 24.1 Å². The molecule has 1 N–H and O–H groups in total. The molecule has 0 bridgehead atoms. The summed E-state index contributed by atoms with van der Waals surface area (Å²) in [5, 5.41) is 4.62. The Morgan fingerprint density at radius 2 is 2.17 bits per heavy atom. The van der Waals surface area contributed by atoms with Gasteiger partial charge in [-0.05, 0) is 30.3 Å². The van der Waals surface area contributed by atoms with Crippen molar-refractivity contribution in [3.63, 3.8) is 0 Å². The maximum Gasteiger partial charge on any atom is 0.246 e. The molecule has 1 aliphatic heterocycles. The number of halogens is 1. The summed E-state index contributed by atoms with van der Waals surface area (Å²) in [5.74, 6) is 2.15. The summed E-state index contributed by atoms with van der Waals surface area (Å²) in [6, 6.07) is 9.14. The minimum Gasteiger partial charge on any atom is -0.493 e.